The van der Waals surface area contributed by atoms with Gasteiger partial charge in [0.1, 0.15) is 0 Å². The minimum absolute atomic E-state index is 0.00553. The molecule has 3 amide bonds. The van der Waals surface area contributed by atoms with Crippen LogP contribution in [0.25, 0.3) is 0 Å². The quantitative estimate of drug-likeness (QED) is 0.641. The van der Waals surface area contributed by atoms with Gasteiger partial charge in [-0.3, -0.25) is 9.59 Å². The average molecular weight is 333 g/mol. The van der Waals surface area contributed by atoms with Gasteiger partial charge in [0.2, 0.25) is 0 Å². The minimum Gasteiger partial charge on any atom is -0.481 e. The highest BCUT2D eigenvalue weighted by atomic mass is 16.4. The summed E-state index contributed by atoms with van der Waals surface area (Å²) in [5, 5.41) is 17.2. The summed E-state index contributed by atoms with van der Waals surface area (Å²) < 4.78 is 0. The van der Waals surface area contributed by atoms with Crippen molar-refractivity contribution < 1.29 is 19.5 Å². The third kappa shape index (κ3) is 4.71. The van der Waals surface area contributed by atoms with Crippen LogP contribution < -0.4 is 16.0 Å². The standard InChI is InChI=1S/C17H23N3O4/c1-11(2)18-16(24)19-13-6-3-5-12(9-13)15(23)20-17(7-4-8-17)10-14(21)22/h3,5-6,9,11H,4,7-8,10H2,1-2H3,(H,20,23)(H,21,22)(H2,18,19,24). The van der Waals surface area contributed by atoms with Crippen molar-refractivity contribution in [1.82, 2.24) is 10.6 Å². The van der Waals surface area contributed by atoms with Gasteiger partial charge in [0, 0.05) is 17.3 Å². The second-order valence-electron chi connectivity index (χ2n) is 6.49. The molecule has 1 aliphatic rings. The number of carbonyl (C=O) groups excluding carboxylic acids is 2. The number of benzene rings is 1. The summed E-state index contributed by atoms with van der Waals surface area (Å²) in [6.07, 6.45) is 2.16. The predicted molar refractivity (Wildman–Crippen MR) is 90.0 cm³/mol. The second-order valence-corrected chi connectivity index (χ2v) is 6.49. The van der Waals surface area contributed by atoms with Gasteiger partial charge in [-0.1, -0.05) is 6.07 Å². The zero-order chi connectivity index (χ0) is 17.7. The molecule has 2 rings (SSSR count). The Hall–Kier alpha value is -2.57. The molecule has 0 heterocycles. The maximum Gasteiger partial charge on any atom is 0.319 e. The largest absolute Gasteiger partial charge is 0.481 e. The fourth-order valence-electron chi connectivity index (χ4n) is 2.72. The van der Waals surface area contributed by atoms with Crippen LogP contribution in [0.2, 0.25) is 0 Å². The number of carbonyl (C=O) groups is 3. The average Bonchev–Trinajstić information content (AvgIpc) is 2.43. The van der Waals surface area contributed by atoms with Crippen LogP contribution in [0.5, 0.6) is 0 Å². The van der Waals surface area contributed by atoms with Crippen LogP contribution in [0.15, 0.2) is 24.3 Å². The van der Waals surface area contributed by atoms with E-state index in [0.29, 0.717) is 24.1 Å². The number of aliphatic carboxylic acids is 1. The molecule has 0 saturated heterocycles. The van der Waals surface area contributed by atoms with E-state index in [1.54, 1.807) is 24.3 Å². The highest BCUT2D eigenvalue weighted by molar-refractivity contribution is 5.97. The molecule has 0 spiro atoms. The molecule has 7 nitrogen and oxygen atoms in total. The maximum absolute atomic E-state index is 12.4. The van der Waals surface area contributed by atoms with Gasteiger partial charge in [0.05, 0.1) is 12.0 Å². The van der Waals surface area contributed by atoms with E-state index >= 15 is 0 Å². The number of hydrogen-bond acceptors (Lipinski definition) is 3. The molecule has 1 saturated carbocycles. The van der Waals surface area contributed by atoms with Crippen molar-refractivity contribution in [3.8, 4) is 0 Å². The first-order valence-corrected chi connectivity index (χ1v) is 8.01. The van der Waals surface area contributed by atoms with E-state index in [4.69, 9.17) is 5.11 Å². The molecule has 1 aromatic rings. The minimum atomic E-state index is -0.921. The van der Waals surface area contributed by atoms with Gasteiger partial charge in [0.15, 0.2) is 0 Å². The molecule has 4 N–H and O–H groups in total. The highest BCUT2D eigenvalue weighted by Crippen LogP contribution is 2.35. The summed E-state index contributed by atoms with van der Waals surface area (Å²) in [5.41, 5.74) is 0.233. The van der Waals surface area contributed by atoms with Gasteiger partial charge in [0.25, 0.3) is 5.91 Å². The molecule has 0 unspecified atom stereocenters. The lowest BCUT2D eigenvalue weighted by Gasteiger charge is -2.41. The van der Waals surface area contributed by atoms with Crippen molar-refractivity contribution in [2.45, 2.75) is 51.1 Å². The lowest BCUT2D eigenvalue weighted by Crippen LogP contribution is -2.54. The molecule has 1 aromatic carbocycles. The Balaban J connectivity index is 2.03. The number of hydrogen-bond donors (Lipinski definition) is 4. The molecule has 1 aliphatic carbocycles. The maximum atomic E-state index is 12.4. The van der Waals surface area contributed by atoms with E-state index in [-0.39, 0.29) is 24.4 Å². The molecule has 0 aromatic heterocycles. The van der Waals surface area contributed by atoms with Crippen LogP contribution >= 0.6 is 0 Å². The smallest absolute Gasteiger partial charge is 0.319 e. The zero-order valence-electron chi connectivity index (χ0n) is 13.9. The summed E-state index contributed by atoms with van der Waals surface area (Å²) >= 11 is 0. The van der Waals surface area contributed by atoms with Crippen LogP contribution in [0.1, 0.15) is 49.9 Å². The first-order valence-electron chi connectivity index (χ1n) is 8.01. The summed E-state index contributed by atoms with van der Waals surface area (Å²) in [7, 11) is 0. The number of carboxylic acids is 1. The van der Waals surface area contributed by atoms with Crippen LogP contribution in [0.3, 0.4) is 0 Å². The van der Waals surface area contributed by atoms with Crippen LogP contribution in [0.4, 0.5) is 10.5 Å². The SMILES string of the molecule is CC(C)NC(=O)Nc1cccc(C(=O)NC2(CC(=O)O)CCC2)c1. The normalized spacial score (nSPS) is 15.3. The molecule has 0 aliphatic heterocycles. The van der Waals surface area contributed by atoms with E-state index in [1.807, 2.05) is 13.8 Å². The van der Waals surface area contributed by atoms with Gasteiger partial charge in [-0.05, 0) is 51.3 Å². The molecule has 130 valence electrons. The van der Waals surface area contributed by atoms with Gasteiger partial charge in [-0.25, -0.2) is 4.79 Å². The van der Waals surface area contributed by atoms with Crippen LogP contribution in [-0.4, -0.2) is 34.6 Å². The zero-order valence-corrected chi connectivity index (χ0v) is 13.9. The van der Waals surface area contributed by atoms with Crippen molar-refractivity contribution in [1.29, 1.82) is 0 Å². The van der Waals surface area contributed by atoms with Gasteiger partial charge in [-0.15, -0.1) is 0 Å². The topological polar surface area (TPSA) is 108 Å². The number of amides is 3. The van der Waals surface area contributed by atoms with Crippen molar-refractivity contribution in [3.05, 3.63) is 29.8 Å². The van der Waals surface area contributed by atoms with E-state index in [1.165, 1.54) is 0 Å². The molecule has 1 fully saturated rings. The van der Waals surface area contributed by atoms with Gasteiger partial charge >= 0.3 is 12.0 Å². The molecular weight excluding hydrogens is 310 g/mol. The molecule has 0 atom stereocenters. The molecule has 0 bridgehead atoms. The third-order valence-corrected chi connectivity index (χ3v) is 3.98. The van der Waals surface area contributed by atoms with Crippen LogP contribution in [0, 0.1) is 0 Å². The Morgan fingerprint density at radius 1 is 1.25 bits per heavy atom. The number of carboxylic acid groups (broad SMARTS) is 1. The van der Waals surface area contributed by atoms with Crippen LogP contribution in [-0.2, 0) is 4.79 Å². The van der Waals surface area contributed by atoms with Crippen molar-refractivity contribution >= 4 is 23.6 Å². The second kappa shape index (κ2) is 7.33. The Kier molecular flexibility index (Phi) is 5.43. The Bertz CT molecular complexity index is 638. The van der Waals surface area contributed by atoms with E-state index < -0.39 is 11.5 Å². The number of nitrogens with one attached hydrogen (secondary N) is 3. The van der Waals surface area contributed by atoms with Gasteiger partial charge in [-0.2, -0.15) is 0 Å². The van der Waals surface area contributed by atoms with Crippen molar-refractivity contribution in [2.75, 3.05) is 5.32 Å². The van der Waals surface area contributed by atoms with E-state index in [0.717, 1.165) is 6.42 Å². The van der Waals surface area contributed by atoms with E-state index in [9.17, 15) is 14.4 Å². The third-order valence-electron chi connectivity index (χ3n) is 3.98. The molecular formula is C17H23N3O4. The Morgan fingerprint density at radius 3 is 2.50 bits per heavy atom. The summed E-state index contributed by atoms with van der Waals surface area (Å²) in [4.78, 5) is 35.1. The fourth-order valence-corrected chi connectivity index (χ4v) is 2.72. The fraction of sp³-hybridized carbons (Fsp3) is 0.471. The monoisotopic (exact) mass is 333 g/mol. The molecule has 24 heavy (non-hydrogen) atoms. The lowest BCUT2D eigenvalue weighted by molar-refractivity contribution is -0.139. The first-order chi connectivity index (χ1) is 11.3. The first kappa shape index (κ1) is 17.8. The lowest BCUT2D eigenvalue weighted by atomic mass is 9.74. The molecule has 0 radical (unpaired) electrons. The number of rotatable bonds is 6. The number of urea groups is 1. The van der Waals surface area contributed by atoms with Crippen molar-refractivity contribution in [3.63, 3.8) is 0 Å². The summed E-state index contributed by atoms with van der Waals surface area (Å²) in [5.74, 6) is -1.25. The molecule has 7 heteroatoms. The summed E-state index contributed by atoms with van der Waals surface area (Å²) in [6.45, 7) is 3.70. The van der Waals surface area contributed by atoms with Gasteiger partial charge < -0.3 is 21.1 Å². The highest BCUT2D eigenvalue weighted by Gasteiger charge is 2.40. The predicted octanol–water partition coefficient (Wildman–Crippen LogP) is 2.34. The summed E-state index contributed by atoms with van der Waals surface area (Å²) in [6, 6.07) is 6.23. The Morgan fingerprint density at radius 2 is 1.96 bits per heavy atom. The number of anilines is 1. The van der Waals surface area contributed by atoms with E-state index in [2.05, 4.69) is 16.0 Å². The Labute approximate surface area is 140 Å². The van der Waals surface area contributed by atoms with Crippen molar-refractivity contribution in [2.24, 2.45) is 0 Å².